The Morgan fingerprint density at radius 2 is 1.86 bits per heavy atom. The van der Waals surface area contributed by atoms with Crippen molar-refractivity contribution in [2.24, 2.45) is 11.5 Å². The van der Waals surface area contributed by atoms with Gasteiger partial charge in [-0.3, -0.25) is 9.88 Å². The highest BCUT2D eigenvalue weighted by molar-refractivity contribution is 5.96. The molecule has 5 N–H and O–H groups in total. The van der Waals surface area contributed by atoms with Gasteiger partial charge < -0.3 is 16.8 Å². The molecule has 1 aliphatic heterocycles. The monoisotopic (exact) mass is 375 g/mol. The molecule has 0 unspecified atom stereocenters. The van der Waals surface area contributed by atoms with Gasteiger partial charge in [0, 0.05) is 41.6 Å². The maximum Gasteiger partial charge on any atom is 0.316 e. The van der Waals surface area contributed by atoms with Gasteiger partial charge in [-0.2, -0.15) is 0 Å². The van der Waals surface area contributed by atoms with E-state index in [0.29, 0.717) is 11.7 Å². The first-order valence-corrected chi connectivity index (χ1v) is 9.60. The molecule has 28 heavy (non-hydrogen) atoms. The number of nitrogens with zero attached hydrogens (tertiary/aromatic N) is 2. The van der Waals surface area contributed by atoms with Crippen LogP contribution in [0, 0.1) is 0 Å². The summed E-state index contributed by atoms with van der Waals surface area (Å²) in [5.41, 5.74) is 15.3. The Morgan fingerprint density at radius 3 is 2.57 bits per heavy atom. The number of primary amides is 1. The summed E-state index contributed by atoms with van der Waals surface area (Å²) < 4.78 is 0. The summed E-state index contributed by atoms with van der Waals surface area (Å²) in [4.78, 5) is 17.9. The average Bonchev–Trinajstić information content (AvgIpc) is 2.69. The highest BCUT2D eigenvalue weighted by Crippen LogP contribution is 2.30. The van der Waals surface area contributed by atoms with Crippen molar-refractivity contribution in [2.75, 3.05) is 18.4 Å². The fraction of sp³-hybridized carbons (Fsp3) is 0.273. The number of fused-ring (bicyclic) bond motifs is 1. The van der Waals surface area contributed by atoms with Gasteiger partial charge in [-0.25, -0.2) is 4.79 Å². The van der Waals surface area contributed by atoms with Crippen molar-refractivity contribution < 1.29 is 4.79 Å². The van der Waals surface area contributed by atoms with Crippen LogP contribution < -0.4 is 16.8 Å². The minimum Gasteiger partial charge on any atom is -0.351 e. The molecule has 0 saturated carbocycles. The predicted octanol–water partition coefficient (Wildman–Crippen LogP) is 3.32. The molecule has 3 aromatic rings. The van der Waals surface area contributed by atoms with Gasteiger partial charge in [0.15, 0.2) is 0 Å². The number of nitrogens with two attached hydrogens (primary N) is 2. The van der Waals surface area contributed by atoms with Crippen LogP contribution in [0.1, 0.15) is 18.4 Å². The number of aromatic nitrogens is 1. The third-order valence-electron chi connectivity index (χ3n) is 5.33. The summed E-state index contributed by atoms with van der Waals surface area (Å²) in [6.45, 7) is 3.04. The number of rotatable bonds is 4. The molecule has 6 heteroatoms. The Morgan fingerprint density at radius 1 is 1.11 bits per heavy atom. The van der Waals surface area contributed by atoms with E-state index in [1.54, 1.807) is 0 Å². The van der Waals surface area contributed by atoms with E-state index in [0.717, 1.165) is 49.0 Å². The molecule has 1 saturated heterocycles. The highest BCUT2D eigenvalue weighted by atomic mass is 16.2. The SMILES string of the molecule is NC(=O)Nc1ccc(-c2cncc3ccc(CN4CCC(N)CC4)cc23)cc1. The lowest BCUT2D eigenvalue weighted by Gasteiger charge is -2.30. The number of carbonyl (C=O) groups excluding carboxylic acids is 1. The molecule has 2 aromatic carbocycles. The molecule has 144 valence electrons. The molecule has 6 nitrogen and oxygen atoms in total. The Hall–Kier alpha value is -2.96. The number of likely N-dealkylation sites (tertiary alicyclic amines) is 1. The van der Waals surface area contributed by atoms with Crippen LogP contribution in [0.5, 0.6) is 0 Å². The zero-order valence-corrected chi connectivity index (χ0v) is 15.8. The zero-order chi connectivity index (χ0) is 19.5. The molecule has 0 bridgehead atoms. The number of piperidine rings is 1. The van der Waals surface area contributed by atoms with Crippen molar-refractivity contribution in [1.29, 1.82) is 0 Å². The number of urea groups is 1. The van der Waals surface area contributed by atoms with Crippen molar-refractivity contribution in [2.45, 2.75) is 25.4 Å². The molecule has 1 fully saturated rings. The fourth-order valence-corrected chi connectivity index (χ4v) is 3.78. The number of amides is 2. The summed E-state index contributed by atoms with van der Waals surface area (Å²) in [5.74, 6) is 0. The van der Waals surface area contributed by atoms with E-state index in [1.165, 1.54) is 10.9 Å². The maximum atomic E-state index is 11.0. The molecule has 1 aliphatic rings. The standard InChI is InChI=1S/C22H25N5O/c23-18-7-9-27(10-8-18)14-15-1-2-17-12-25-13-21(20(17)11-15)16-3-5-19(6-4-16)26-22(24)28/h1-6,11-13,18H,7-10,14,23H2,(H3,24,26,28). The third kappa shape index (κ3) is 4.13. The van der Waals surface area contributed by atoms with Crippen LogP contribution in [0.4, 0.5) is 10.5 Å². The molecule has 0 radical (unpaired) electrons. The van der Waals surface area contributed by atoms with Crippen LogP contribution in [0.15, 0.2) is 54.9 Å². The quantitative estimate of drug-likeness (QED) is 0.652. The van der Waals surface area contributed by atoms with E-state index in [2.05, 4.69) is 33.4 Å². The normalized spacial score (nSPS) is 15.6. The van der Waals surface area contributed by atoms with Crippen LogP contribution in [0.25, 0.3) is 21.9 Å². The molecule has 1 aromatic heterocycles. The highest BCUT2D eigenvalue weighted by Gasteiger charge is 2.16. The van der Waals surface area contributed by atoms with E-state index < -0.39 is 6.03 Å². The third-order valence-corrected chi connectivity index (χ3v) is 5.33. The molecule has 0 aliphatic carbocycles. The Kier molecular flexibility index (Phi) is 5.23. The second-order valence-corrected chi connectivity index (χ2v) is 7.42. The fourth-order valence-electron chi connectivity index (χ4n) is 3.78. The van der Waals surface area contributed by atoms with E-state index in [-0.39, 0.29) is 0 Å². The lowest BCUT2D eigenvalue weighted by Crippen LogP contribution is -2.39. The second-order valence-electron chi connectivity index (χ2n) is 7.42. The topological polar surface area (TPSA) is 97.3 Å². The van der Waals surface area contributed by atoms with Crippen LogP contribution in [-0.4, -0.2) is 35.0 Å². The summed E-state index contributed by atoms with van der Waals surface area (Å²) in [6.07, 6.45) is 5.91. The largest absolute Gasteiger partial charge is 0.351 e. The van der Waals surface area contributed by atoms with Gasteiger partial charge in [0.25, 0.3) is 0 Å². The minimum atomic E-state index is -0.567. The first-order valence-electron chi connectivity index (χ1n) is 9.60. The molecule has 2 amide bonds. The van der Waals surface area contributed by atoms with Gasteiger partial charge in [-0.1, -0.05) is 24.3 Å². The maximum absolute atomic E-state index is 11.0. The van der Waals surface area contributed by atoms with Crippen molar-refractivity contribution >= 4 is 22.5 Å². The average molecular weight is 375 g/mol. The van der Waals surface area contributed by atoms with Crippen LogP contribution >= 0.6 is 0 Å². The number of benzene rings is 2. The number of carbonyl (C=O) groups is 1. The van der Waals surface area contributed by atoms with E-state index in [1.807, 2.05) is 36.7 Å². The van der Waals surface area contributed by atoms with Crippen LogP contribution in [0.2, 0.25) is 0 Å². The smallest absolute Gasteiger partial charge is 0.316 e. The predicted molar refractivity (Wildman–Crippen MR) is 113 cm³/mol. The van der Waals surface area contributed by atoms with Crippen molar-refractivity contribution in [3.05, 3.63) is 60.4 Å². The van der Waals surface area contributed by atoms with Gasteiger partial charge >= 0.3 is 6.03 Å². The van der Waals surface area contributed by atoms with Gasteiger partial charge in [-0.15, -0.1) is 0 Å². The molecule has 4 rings (SSSR count). The van der Waals surface area contributed by atoms with E-state index >= 15 is 0 Å². The number of anilines is 1. The first kappa shape index (κ1) is 18.4. The van der Waals surface area contributed by atoms with Crippen LogP contribution in [0.3, 0.4) is 0 Å². The second kappa shape index (κ2) is 7.96. The van der Waals surface area contributed by atoms with Crippen molar-refractivity contribution in [3.63, 3.8) is 0 Å². The summed E-state index contributed by atoms with van der Waals surface area (Å²) >= 11 is 0. The summed E-state index contributed by atoms with van der Waals surface area (Å²) in [7, 11) is 0. The minimum absolute atomic E-state index is 0.345. The van der Waals surface area contributed by atoms with Gasteiger partial charge in [0.2, 0.25) is 0 Å². The summed E-state index contributed by atoms with van der Waals surface area (Å²) in [6, 6.07) is 14.0. The number of pyridine rings is 1. The number of hydrogen-bond acceptors (Lipinski definition) is 4. The lowest BCUT2D eigenvalue weighted by atomic mass is 9.98. The van der Waals surface area contributed by atoms with Crippen molar-refractivity contribution in [3.8, 4) is 11.1 Å². The van der Waals surface area contributed by atoms with Gasteiger partial charge in [0.1, 0.15) is 0 Å². The van der Waals surface area contributed by atoms with Crippen LogP contribution in [-0.2, 0) is 6.54 Å². The Balaban J connectivity index is 1.62. The van der Waals surface area contributed by atoms with Gasteiger partial charge in [-0.05, 0) is 60.6 Å². The Labute approximate surface area is 164 Å². The van der Waals surface area contributed by atoms with E-state index in [4.69, 9.17) is 11.5 Å². The molecule has 0 atom stereocenters. The Bertz CT molecular complexity index is 978. The molecule has 0 spiro atoms. The molecule has 2 heterocycles. The molecular weight excluding hydrogens is 350 g/mol. The van der Waals surface area contributed by atoms with Gasteiger partial charge in [0.05, 0.1) is 0 Å². The lowest BCUT2D eigenvalue weighted by molar-refractivity contribution is 0.206. The molecular formula is C22H25N5O. The number of hydrogen-bond donors (Lipinski definition) is 3. The first-order chi connectivity index (χ1) is 13.6. The van der Waals surface area contributed by atoms with Crippen molar-refractivity contribution in [1.82, 2.24) is 9.88 Å². The summed E-state index contributed by atoms with van der Waals surface area (Å²) in [5, 5.41) is 4.88. The number of nitrogens with one attached hydrogen (secondary N) is 1. The zero-order valence-electron chi connectivity index (χ0n) is 15.8. The van der Waals surface area contributed by atoms with E-state index in [9.17, 15) is 4.79 Å².